The van der Waals surface area contributed by atoms with Crippen LogP contribution in [0.3, 0.4) is 0 Å². The van der Waals surface area contributed by atoms with E-state index in [1.807, 2.05) is 51.4 Å². The molecule has 2 rings (SSSR count). The fourth-order valence-corrected chi connectivity index (χ4v) is 2.76. The maximum atomic E-state index is 12.5. The fourth-order valence-electron chi connectivity index (χ4n) is 2.76. The summed E-state index contributed by atoms with van der Waals surface area (Å²) in [7, 11) is 4.02. The van der Waals surface area contributed by atoms with Crippen molar-refractivity contribution in [2.45, 2.75) is 25.9 Å². The van der Waals surface area contributed by atoms with Gasteiger partial charge in [-0.25, -0.2) is 0 Å². The topological polar surface area (TPSA) is 43.9 Å². The molecule has 0 spiro atoms. The second-order valence-corrected chi connectivity index (χ2v) is 6.10. The third-order valence-electron chi connectivity index (χ3n) is 4.00. The number of carbonyl (C=O) groups excluding carboxylic acids is 2. The lowest BCUT2D eigenvalue weighted by molar-refractivity contribution is -0.155. The van der Waals surface area contributed by atoms with E-state index in [1.165, 1.54) is 0 Å². The third-order valence-corrected chi connectivity index (χ3v) is 4.00. The highest BCUT2D eigenvalue weighted by Gasteiger charge is 2.35. The van der Waals surface area contributed by atoms with E-state index in [-0.39, 0.29) is 24.4 Å². The maximum absolute atomic E-state index is 12.5. The number of amides is 2. The van der Waals surface area contributed by atoms with Crippen molar-refractivity contribution >= 4 is 11.8 Å². The molecule has 1 saturated heterocycles. The normalized spacial score (nSPS) is 19.2. The Bertz CT molecular complexity index is 516. The van der Waals surface area contributed by atoms with Crippen LogP contribution in [0.25, 0.3) is 0 Å². The molecule has 120 valence electrons. The maximum Gasteiger partial charge on any atom is 0.245 e. The van der Waals surface area contributed by atoms with Gasteiger partial charge in [0.25, 0.3) is 0 Å². The standard InChI is InChI=1S/C17H25N3O2/c1-14-17(22)19(12-15-8-5-4-6-9-15)13-16(21)20(14)11-7-10-18(2)3/h4-6,8-9,14H,7,10-13H2,1-3H3/t14-/m0/s1. The van der Waals surface area contributed by atoms with Crippen molar-refractivity contribution in [2.75, 3.05) is 33.7 Å². The molecule has 1 aliphatic rings. The zero-order valence-electron chi connectivity index (χ0n) is 13.7. The van der Waals surface area contributed by atoms with E-state index < -0.39 is 0 Å². The molecule has 0 radical (unpaired) electrons. The van der Waals surface area contributed by atoms with Gasteiger partial charge >= 0.3 is 0 Å². The van der Waals surface area contributed by atoms with Crippen LogP contribution in [0, 0.1) is 0 Å². The van der Waals surface area contributed by atoms with Gasteiger partial charge in [-0.3, -0.25) is 9.59 Å². The van der Waals surface area contributed by atoms with Crippen molar-refractivity contribution < 1.29 is 9.59 Å². The summed E-state index contributed by atoms with van der Waals surface area (Å²) in [4.78, 5) is 30.3. The second kappa shape index (κ2) is 7.40. The molecule has 1 atom stereocenters. The molecule has 1 fully saturated rings. The minimum Gasteiger partial charge on any atom is -0.329 e. The van der Waals surface area contributed by atoms with Crippen LogP contribution in [0.1, 0.15) is 18.9 Å². The van der Waals surface area contributed by atoms with Crippen molar-refractivity contribution in [3.63, 3.8) is 0 Å². The van der Waals surface area contributed by atoms with Gasteiger partial charge < -0.3 is 14.7 Å². The van der Waals surface area contributed by atoms with Crippen LogP contribution in [0.5, 0.6) is 0 Å². The quantitative estimate of drug-likeness (QED) is 0.793. The average molecular weight is 303 g/mol. The molecular weight excluding hydrogens is 278 g/mol. The van der Waals surface area contributed by atoms with E-state index in [1.54, 1.807) is 9.80 Å². The van der Waals surface area contributed by atoms with Crippen LogP contribution in [0.2, 0.25) is 0 Å². The Hall–Kier alpha value is -1.88. The van der Waals surface area contributed by atoms with E-state index in [4.69, 9.17) is 0 Å². The molecule has 1 aromatic rings. The molecule has 22 heavy (non-hydrogen) atoms. The minimum atomic E-state index is -0.368. The summed E-state index contributed by atoms with van der Waals surface area (Å²) in [5, 5.41) is 0. The summed E-state index contributed by atoms with van der Waals surface area (Å²) in [5.41, 5.74) is 1.05. The van der Waals surface area contributed by atoms with E-state index >= 15 is 0 Å². The van der Waals surface area contributed by atoms with Gasteiger partial charge in [-0.2, -0.15) is 0 Å². The van der Waals surface area contributed by atoms with Crippen molar-refractivity contribution in [3.05, 3.63) is 35.9 Å². The summed E-state index contributed by atoms with van der Waals surface area (Å²) in [5.74, 6) is 0.0788. The highest BCUT2D eigenvalue weighted by Crippen LogP contribution is 2.16. The summed E-state index contributed by atoms with van der Waals surface area (Å²) < 4.78 is 0. The number of nitrogens with zero attached hydrogens (tertiary/aromatic N) is 3. The van der Waals surface area contributed by atoms with Crippen molar-refractivity contribution in [1.29, 1.82) is 0 Å². The lowest BCUT2D eigenvalue weighted by Gasteiger charge is -2.39. The first-order valence-electron chi connectivity index (χ1n) is 7.76. The summed E-state index contributed by atoms with van der Waals surface area (Å²) in [6, 6.07) is 9.43. The molecule has 1 aromatic carbocycles. The molecule has 5 nitrogen and oxygen atoms in total. The van der Waals surface area contributed by atoms with E-state index in [0.29, 0.717) is 13.1 Å². The molecule has 1 aliphatic heterocycles. The minimum absolute atomic E-state index is 0.0355. The highest BCUT2D eigenvalue weighted by atomic mass is 16.2. The lowest BCUT2D eigenvalue weighted by atomic mass is 10.1. The second-order valence-electron chi connectivity index (χ2n) is 6.10. The van der Waals surface area contributed by atoms with Gasteiger partial charge in [-0.05, 0) is 39.5 Å². The molecule has 5 heteroatoms. The lowest BCUT2D eigenvalue weighted by Crippen LogP contribution is -2.58. The zero-order chi connectivity index (χ0) is 16.1. The van der Waals surface area contributed by atoms with Gasteiger partial charge in [0.05, 0.1) is 0 Å². The Morgan fingerprint density at radius 2 is 1.86 bits per heavy atom. The number of carbonyl (C=O) groups is 2. The Labute approximate surface area is 132 Å². The SMILES string of the molecule is C[C@H]1C(=O)N(Cc2ccccc2)CC(=O)N1CCCN(C)C. The Kier molecular flexibility index (Phi) is 5.55. The van der Waals surface area contributed by atoms with Gasteiger partial charge in [-0.1, -0.05) is 30.3 Å². The molecule has 1 heterocycles. The molecule has 0 bridgehead atoms. The van der Waals surface area contributed by atoms with Crippen LogP contribution in [-0.2, 0) is 16.1 Å². The predicted molar refractivity (Wildman–Crippen MR) is 86.2 cm³/mol. The Morgan fingerprint density at radius 1 is 1.18 bits per heavy atom. The molecule has 2 amide bonds. The summed E-state index contributed by atoms with van der Waals surface area (Å²) >= 11 is 0. The Morgan fingerprint density at radius 3 is 2.50 bits per heavy atom. The van der Waals surface area contributed by atoms with Gasteiger partial charge in [0.1, 0.15) is 12.6 Å². The predicted octanol–water partition coefficient (Wildman–Crippen LogP) is 1.20. The molecule has 0 N–H and O–H groups in total. The van der Waals surface area contributed by atoms with E-state index in [0.717, 1.165) is 18.5 Å². The molecule has 0 aromatic heterocycles. The number of rotatable bonds is 6. The van der Waals surface area contributed by atoms with Crippen molar-refractivity contribution in [3.8, 4) is 0 Å². The highest BCUT2D eigenvalue weighted by molar-refractivity contribution is 5.94. The van der Waals surface area contributed by atoms with E-state index in [9.17, 15) is 9.59 Å². The van der Waals surface area contributed by atoms with Gasteiger partial charge in [-0.15, -0.1) is 0 Å². The fraction of sp³-hybridized carbons (Fsp3) is 0.529. The molecule has 0 aliphatic carbocycles. The first kappa shape index (κ1) is 16.5. The average Bonchev–Trinajstić information content (AvgIpc) is 2.49. The number of piperazine rings is 1. The van der Waals surface area contributed by atoms with E-state index in [2.05, 4.69) is 4.90 Å². The van der Waals surface area contributed by atoms with Crippen molar-refractivity contribution in [2.24, 2.45) is 0 Å². The monoisotopic (exact) mass is 303 g/mol. The van der Waals surface area contributed by atoms with Crippen molar-refractivity contribution in [1.82, 2.24) is 14.7 Å². The number of benzene rings is 1. The Balaban J connectivity index is 1.96. The first-order valence-corrected chi connectivity index (χ1v) is 7.76. The van der Waals surface area contributed by atoms with Crippen LogP contribution in [0.4, 0.5) is 0 Å². The van der Waals surface area contributed by atoms with Gasteiger partial charge in [0, 0.05) is 13.1 Å². The van der Waals surface area contributed by atoms with Gasteiger partial charge in [0.15, 0.2) is 0 Å². The first-order chi connectivity index (χ1) is 10.5. The smallest absolute Gasteiger partial charge is 0.245 e. The van der Waals surface area contributed by atoms with Gasteiger partial charge in [0.2, 0.25) is 11.8 Å². The largest absolute Gasteiger partial charge is 0.329 e. The number of hydrogen-bond acceptors (Lipinski definition) is 3. The summed E-state index contributed by atoms with van der Waals surface area (Å²) in [6.45, 7) is 4.07. The number of hydrogen-bond donors (Lipinski definition) is 0. The zero-order valence-corrected chi connectivity index (χ0v) is 13.7. The van der Waals surface area contributed by atoms with Crippen LogP contribution >= 0.6 is 0 Å². The molecule has 0 saturated carbocycles. The third kappa shape index (κ3) is 4.07. The molecule has 0 unspecified atom stereocenters. The van der Waals surface area contributed by atoms with Crippen LogP contribution < -0.4 is 0 Å². The summed E-state index contributed by atoms with van der Waals surface area (Å²) in [6.07, 6.45) is 0.884. The molecular formula is C17H25N3O2. The van der Waals surface area contributed by atoms with Crippen LogP contribution in [0.15, 0.2) is 30.3 Å². The van der Waals surface area contributed by atoms with Crippen LogP contribution in [-0.4, -0.2) is 66.3 Å².